The molecule has 0 aromatic heterocycles. The smallest absolute Gasteiger partial charge is 0.303 e. The van der Waals surface area contributed by atoms with E-state index < -0.39 is 11.6 Å². The Bertz CT molecular complexity index is 605. The quantitative estimate of drug-likeness (QED) is 0.529. The van der Waals surface area contributed by atoms with Crippen LogP contribution in [0.1, 0.15) is 71.1 Å². The fraction of sp³-hybridized carbons (Fsp3) is 0.773. The standard InChI is InChI=1S/C22H32O4/c1-15-16(7-5-9-20(24)25)17-10-11-19(23)18(21(15)17)8-6-14-22(26)12-3-2-4-13-22/h7,15,17-19,21,23,26H,2-5,9-14H2,1H3,(H,24,25)/b16-7+. The molecular formula is C22H32O4. The summed E-state index contributed by atoms with van der Waals surface area (Å²) in [5, 5.41) is 29.9. The molecule has 0 bridgehead atoms. The maximum Gasteiger partial charge on any atom is 0.303 e. The lowest BCUT2D eigenvalue weighted by molar-refractivity contribution is -0.136. The van der Waals surface area contributed by atoms with Crippen LogP contribution in [-0.2, 0) is 4.79 Å². The van der Waals surface area contributed by atoms with Crippen LogP contribution < -0.4 is 0 Å². The Morgan fingerprint density at radius 3 is 2.69 bits per heavy atom. The van der Waals surface area contributed by atoms with Crippen molar-refractivity contribution in [2.45, 2.75) is 82.8 Å². The van der Waals surface area contributed by atoms with Gasteiger partial charge in [-0.15, -0.1) is 0 Å². The number of carboxylic acids is 1. The van der Waals surface area contributed by atoms with Crippen molar-refractivity contribution in [3.05, 3.63) is 11.6 Å². The Morgan fingerprint density at radius 2 is 2.00 bits per heavy atom. The number of aliphatic hydroxyl groups excluding tert-OH is 1. The lowest BCUT2D eigenvalue weighted by Crippen LogP contribution is -2.50. The van der Waals surface area contributed by atoms with Gasteiger partial charge in [0.15, 0.2) is 0 Å². The van der Waals surface area contributed by atoms with E-state index in [0.29, 0.717) is 30.6 Å². The lowest BCUT2D eigenvalue weighted by Gasteiger charge is -2.53. The minimum atomic E-state index is -0.756. The van der Waals surface area contributed by atoms with Crippen molar-refractivity contribution in [3.63, 3.8) is 0 Å². The van der Waals surface area contributed by atoms with Gasteiger partial charge in [0.1, 0.15) is 0 Å². The summed E-state index contributed by atoms with van der Waals surface area (Å²) in [4.78, 5) is 10.7. The third-order valence-electron chi connectivity index (χ3n) is 6.81. The number of carboxylic acid groups (broad SMARTS) is 1. The second-order valence-electron chi connectivity index (χ2n) is 8.56. The monoisotopic (exact) mass is 360 g/mol. The minimum absolute atomic E-state index is 0.0208. The van der Waals surface area contributed by atoms with Gasteiger partial charge in [0.25, 0.3) is 0 Å². The number of carbonyl (C=O) groups is 1. The Hall–Kier alpha value is -1.31. The average molecular weight is 360 g/mol. The molecule has 5 unspecified atom stereocenters. The summed E-state index contributed by atoms with van der Waals surface area (Å²) in [5.74, 6) is 6.93. The highest BCUT2D eigenvalue weighted by atomic mass is 16.4. The molecule has 3 aliphatic rings. The number of aliphatic carboxylic acids is 1. The van der Waals surface area contributed by atoms with Crippen LogP contribution in [0.4, 0.5) is 0 Å². The van der Waals surface area contributed by atoms with E-state index >= 15 is 0 Å². The molecule has 5 atom stereocenters. The van der Waals surface area contributed by atoms with Crippen LogP contribution in [0.25, 0.3) is 0 Å². The molecule has 0 amide bonds. The molecule has 0 aromatic rings. The molecule has 144 valence electrons. The van der Waals surface area contributed by atoms with Gasteiger partial charge >= 0.3 is 5.97 Å². The number of hydrogen-bond acceptors (Lipinski definition) is 3. The number of rotatable bonds is 4. The summed E-state index contributed by atoms with van der Waals surface area (Å²) >= 11 is 0. The zero-order valence-corrected chi connectivity index (χ0v) is 15.8. The van der Waals surface area contributed by atoms with E-state index in [9.17, 15) is 15.0 Å². The summed E-state index contributed by atoms with van der Waals surface area (Å²) in [6.07, 6.45) is 9.78. The van der Waals surface area contributed by atoms with Gasteiger partial charge < -0.3 is 15.3 Å². The van der Waals surface area contributed by atoms with Gasteiger partial charge in [-0.25, -0.2) is 0 Å². The van der Waals surface area contributed by atoms with Crippen LogP contribution in [-0.4, -0.2) is 33.0 Å². The third-order valence-corrected chi connectivity index (χ3v) is 6.81. The highest BCUT2D eigenvalue weighted by molar-refractivity contribution is 5.66. The number of aliphatic hydroxyl groups is 2. The van der Waals surface area contributed by atoms with Crippen molar-refractivity contribution in [3.8, 4) is 11.8 Å². The highest BCUT2D eigenvalue weighted by Crippen LogP contribution is 2.55. The van der Waals surface area contributed by atoms with Crippen molar-refractivity contribution < 1.29 is 20.1 Å². The van der Waals surface area contributed by atoms with Crippen molar-refractivity contribution >= 4 is 5.97 Å². The molecule has 3 rings (SSSR count). The first-order valence-electron chi connectivity index (χ1n) is 10.2. The van der Waals surface area contributed by atoms with E-state index in [1.807, 2.05) is 0 Å². The van der Waals surface area contributed by atoms with Crippen LogP contribution in [0.15, 0.2) is 11.6 Å². The Balaban J connectivity index is 1.63. The zero-order chi connectivity index (χ0) is 18.7. The summed E-state index contributed by atoms with van der Waals surface area (Å²) in [6, 6.07) is 0. The van der Waals surface area contributed by atoms with Gasteiger partial charge in [-0.3, -0.25) is 4.79 Å². The molecule has 3 N–H and O–H groups in total. The first-order chi connectivity index (χ1) is 12.4. The van der Waals surface area contributed by atoms with Crippen LogP contribution in [0.2, 0.25) is 0 Å². The molecule has 3 fully saturated rings. The van der Waals surface area contributed by atoms with Gasteiger partial charge in [0.2, 0.25) is 0 Å². The normalized spacial score (nSPS) is 37.2. The molecule has 0 heterocycles. The molecule has 3 aliphatic carbocycles. The van der Waals surface area contributed by atoms with Crippen LogP contribution in [0, 0.1) is 35.5 Å². The maximum atomic E-state index is 10.7. The molecule has 0 radical (unpaired) electrons. The van der Waals surface area contributed by atoms with E-state index in [1.54, 1.807) is 0 Å². The second-order valence-corrected chi connectivity index (χ2v) is 8.56. The predicted molar refractivity (Wildman–Crippen MR) is 100 cm³/mol. The summed E-state index contributed by atoms with van der Waals surface area (Å²) in [5.41, 5.74) is 0.734. The molecule has 0 spiro atoms. The Kier molecular flexibility index (Phi) is 6.10. The zero-order valence-electron chi connectivity index (χ0n) is 15.8. The second kappa shape index (κ2) is 8.15. The predicted octanol–water partition coefficient (Wildman–Crippen LogP) is 3.52. The van der Waals surface area contributed by atoms with Gasteiger partial charge in [0.05, 0.1) is 17.6 Å². The van der Waals surface area contributed by atoms with E-state index in [1.165, 1.54) is 12.0 Å². The lowest BCUT2D eigenvalue weighted by atomic mass is 9.51. The number of hydrogen-bond donors (Lipinski definition) is 3. The van der Waals surface area contributed by atoms with E-state index in [2.05, 4.69) is 24.8 Å². The molecule has 0 saturated heterocycles. The molecule has 0 aliphatic heterocycles. The van der Waals surface area contributed by atoms with Crippen LogP contribution in [0.3, 0.4) is 0 Å². The maximum absolute atomic E-state index is 10.7. The summed E-state index contributed by atoms with van der Waals surface area (Å²) in [6.45, 7) is 2.18. The largest absolute Gasteiger partial charge is 0.481 e. The average Bonchev–Trinajstić information content (AvgIpc) is 2.60. The molecular weight excluding hydrogens is 328 g/mol. The van der Waals surface area contributed by atoms with Crippen molar-refractivity contribution in [1.82, 2.24) is 0 Å². The molecule has 3 saturated carbocycles. The van der Waals surface area contributed by atoms with E-state index in [0.717, 1.165) is 38.5 Å². The van der Waals surface area contributed by atoms with E-state index in [-0.39, 0.29) is 18.4 Å². The van der Waals surface area contributed by atoms with Gasteiger partial charge in [-0.1, -0.05) is 49.7 Å². The van der Waals surface area contributed by atoms with Gasteiger partial charge in [-0.05, 0) is 49.9 Å². The number of fused-ring (bicyclic) bond motifs is 1. The SMILES string of the molecule is CC1/C(=C\CCC(=O)O)C2CCC(O)C(C#CCC3(O)CCCCC3)C12. The van der Waals surface area contributed by atoms with E-state index in [4.69, 9.17) is 5.11 Å². The minimum Gasteiger partial charge on any atom is -0.481 e. The number of allylic oxidation sites excluding steroid dienone is 2. The molecule has 0 aromatic carbocycles. The van der Waals surface area contributed by atoms with Gasteiger partial charge in [0, 0.05) is 12.8 Å². The highest BCUT2D eigenvalue weighted by Gasteiger charge is 2.50. The third kappa shape index (κ3) is 4.15. The topological polar surface area (TPSA) is 77.8 Å². The summed E-state index contributed by atoms with van der Waals surface area (Å²) < 4.78 is 0. The Labute approximate surface area is 156 Å². The van der Waals surface area contributed by atoms with Gasteiger partial charge in [-0.2, -0.15) is 0 Å². The first kappa shape index (κ1) is 19.5. The fourth-order valence-corrected chi connectivity index (χ4v) is 5.33. The molecule has 4 heteroatoms. The Morgan fingerprint density at radius 1 is 1.27 bits per heavy atom. The molecule has 4 nitrogen and oxygen atoms in total. The fourth-order valence-electron chi connectivity index (χ4n) is 5.33. The first-order valence-corrected chi connectivity index (χ1v) is 10.2. The van der Waals surface area contributed by atoms with Crippen LogP contribution in [0.5, 0.6) is 0 Å². The van der Waals surface area contributed by atoms with Crippen LogP contribution >= 0.6 is 0 Å². The van der Waals surface area contributed by atoms with Crippen molar-refractivity contribution in [2.24, 2.45) is 23.7 Å². The van der Waals surface area contributed by atoms with Crippen molar-refractivity contribution in [2.75, 3.05) is 0 Å². The summed E-state index contributed by atoms with van der Waals surface area (Å²) in [7, 11) is 0. The molecule has 26 heavy (non-hydrogen) atoms. The van der Waals surface area contributed by atoms with Crippen molar-refractivity contribution in [1.29, 1.82) is 0 Å².